The Morgan fingerprint density at radius 2 is 1.84 bits per heavy atom. The second-order valence-corrected chi connectivity index (χ2v) is 8.00. The first-order chi connectivity index (χ1) is 12.0. The number of benzene rings is 2. The number of nitrogens with two attached hydrogens (primary N) is 1. The van der Waals surface area contributed by atoms with Crippen molar-refractivity contribution in [2.24, 2.45) is 5.73 Å². The van der Waals surface area contributed by atoms with Crippen LogP contribution in [0.15, 0.2) is 59.5 Å². The number of ether oxygens (including phenoxy) is 1. The van der Waals surface area contributed by atoms with Gasteiger partial charge < -0.3 is 15.8 Å². The molecule has 0 bridgehead atoms. The number of hydrogen-bond acceptors (Lipinski definition) is 5. The van der Waals surface area contributed by atoms with E-state index in [1.807, 2.05) is 30.3 Å². The largest absolute Gasteiger partial charge is 0.486 e. The van der Waals surface area contributed by atoms with Crippen molar-refractivity contribution in [1.29, 1.82) is 0 Å². The molecule has 0 radical (unpaired) electrons. The number of para-hydroxylation sites is 1. The molecule has 132 valence electrons. The Labute approximate surface area is 146 Å². The van der Waals surface area contributed by atoms with Crippen LogP contribution in [0.1, 0.15) is 18.0 Å². The van der Waals surface area contributed by atoms with Crippen molar-refractivity contribution in [2.75, 3.05) is 12.3 Å². The fraction of sp³-hybridized carbons (Fsp3) is 0.278. The van der Waals surface area contributed by atoms with Crippen molar-refractivity contribution < 1.29 is 17.9 Å². The monoisotopic (exact) mass is 360 g/mol. The van der Waals surface area contributed by atoms with E-state index in [1.165, 1.54) is 6.07 Å². The van der Waals surface area contributed by atoms with Gasteiger partial charge in [-0.2, -0.15) is 0 Å². The molecular weight excluding hydrogens is 340 g/mol. The Morgan fingerprint density at radius 1 is 1.16 bits per heavy atom. The molecule has 2 unspecified atom stereocenters. The van der Waals surface area contributed by atoms with Gasteiger partial charge in [0.1, 0.15) is 16.7 Å². The molecule has 0 fully saturated rings. The number of carbonyl (C=O) groups excluding carboxylic acids is 1. The molecule has 1 amide bonds. The van der Waals surface area contributed by atoms with Crippen LogP contribution in [-0.2, 0) is 14.6 Å². The summed E-state index contributed by atoms with van der Waals surface area (Å²) >= 11 is 0. The molecule has 2 aromatic rings. The first-order valence-corrected chi connectivity index (χ1v) is 9.66. The van der Waals surface area contributed by atoms with E-state index in [0.717, 1.165) is 5.56 Å². The molecule has 2 aromatic carbocycles. The number of sulfone groups is 1. The van der Waals surface area contributed by atoms with Crippen LogP contribution < -0.4 is 15.8 Å². The van der Waals surface area contributed by atoms with Gasteiger partial charge in [0.05, 0.1) is 12.3 Å². The molecule has 0 aliphatic carbocycles. The first-order valence-electron chi connectivity index (χ1n) is 8.01. The average Bonchev–Trinajstić information content (AvgIpc) is 2.60. The zero-order chi connectivity index (χ0) is 17.9. The minimum atomic E-state index is -3.41. The van der Waals surface area contributed by atoms with Gasteiger partial charge in [-0.3, -0.25) is 4.79 Å². The summed E-state index contributed by atoms with van der Waals surface area (Å²) in [6.45, 7) is 0.119. The third kappa shape index (κ3) is 4.18. The predicted molar refractivity (Wildman–Crippen MR) is 93.9 cm³/mol. The highest BCUT2D eigenvalue weighted by Gasteiger charge is 2.31. The maximum absolute atomic E-state index is 12.3. The van der Waals surface area contributed by atoms with Gasteiger partial charge in [0.15, 0.2) is 9.84 Å². The Morgan fingerprint density at radius 3 is 2.60 bits per heavy atom. The second kappa shape index (κ2) is 7.25. The summed E-state index contributed by atoms with van der Waals surface area (Å²) in [5.41, 5.74) is 6.90. The van der Waals surface area contributed by atoms with Gasteiger partial charge in [-0.05, 0) is 17.7 Å². The molecule has 1 aliphatic heterocycles. The van der Waals surface area contributed by atoms with E-state index in [9.17, 15) is 13.2 Å². The average molecular weight is 360 g/mol. The summed E-state index contributed by atoms with van der Waals surface area (Å²) < 4.78 is 30.2. The van der Waals surface area contributed by atoms with E-state index < -0.39 is 22.0 Å². The zero-order valence-electron chi connectivity index (χ0n) is 13.6. The van der Waals surface area contributed by atoms with Crippen LogP contribution in [0.5, 0.6) is 5.75 Å². The molecule has 0 saturated carbocycles. The standard InChI is InChI=1S/C18H20N2O4S/c19-15(13-6-2-1-3-7-13)10-18(21)20-11-14-12-25(22,23)17-9-5-4-8-16(17)24-14/h1-9,14-15H,10-12,19H2,(H,20,21). The third-order valence-corrected chi connectivity index (χ3v) is 5.86. The summed E-state index contributed by atoms with van der Waals surface area (Å²) in [5, 5.41) is 2.71. The van der Waals surface area contributed by atoms with Gasteiger partial charge in [0.2, 0.25) is 5.91 Å². The fourth-order valence-corrected chi connectivity index (χ4v) is 4.33. The summed E-state index contributed by atoms with van der Waals surface area (Å²) in [7, 11) is -3.41. The lowest BCUT2D eigenvalue weighted by Gasteiger charge is -2.26. The maximum Gasteiger partial charge on any atom is 0.222 e. The molecule has 25 heavy (non-hydrogen) atoms. The molecule has 7 heteroatoms. The lowest BCUT2D eigenvalue weighted by atomic mass is 10.0. The van der Waals surface area contributed by atoms with Gasteiger partial charge in [0.25, 0.3) is 0 Å². The van der Waals surface area contributed by atoms with Crippen LogP contribution in [-0.4, -0.2) is 32.7 Å². The Bertz CT molecular complexity index is 852. The number of rotatable bonds is 5. The van der Waals surface area contributed by atoms with Crippen molar-refractivity contribution in [2.45, 2.75) is 23.5 Å². The van der Waals surface area contributed by atoms with Gasteiger partial charge >= 0.3 is 0 Å². The summed E-state index contributed by atoms with van der Waals surface area (Å²) in [4.78, 5) is 12.3. The van der Waals surface area contributed by atoms with E-state index in [4.69, 9.17) is 10.5 Å². The van der Waals surface area contributed by atoms with Crippen LogP contribution in [0, 0.1) is 0 Å². The van der Waals surface area contributed by atoms with Crippen LogP contribution in [0.2, 0.25) is 0 Å². The highest BCUT2D eigenvalue weighted by atomic mass is 32.2. The van der Waals surface area contributed by atoms with Crippen LogP contribution in [0.25, 0.3) is 0 Å². The van der Waals surface area contributed by atoms with Crippen LogP contribution in [0.4, 0.5) is 0 Å². The number of nitrogens with one attached hydrogen (secondary N) is 1. The molecule has 0 aromatic heterocycles. The second-order valence-electron chi connectivity index (χ2n) is 5.99. The Hall–Kier alpha value is -2.38. The van der Waals surface area contributed by atoms with E-state index in [1.54, 1.807) is 18.2 Å². The van der Waals surface area contributed by atoms with Crippen LogP contribution >= 0.6 is 0 Å². The van der Waals surface area contributed by atoms with Gasteiger partial charge in [-0.25, -0.2) is 8.42 Å². The SMILES string of the molecule is NC(CC(=O)NCC1CS(=O)(=O)c2ccccc2O1)c1ccccc1. The normalized spacial score (nSPS) is 19.3. The van der Waals surface area contributed by atoms with Crippen molar-refractivity contribution in [3.63, 3.8) is 0 Å². The number of amides is 1. The lowest BCUT2D eigenvalue weighted by Crippen LogP contribution is -2.42. The number of fused-ring (bicyclic) bond motifs is 1. The first kappa shape index (κ1) is 17.4. The fourth-order valence-electron chi connectivity index (χ4n) is 2.77. The molecular formula is C18H20N2O4S. The number of hydrogen-bond donors (Lipinski definition) is 2. The molecule has 0 saturated heterocycles. The van der Waals surface area contributed by atoms with Crippen LogP contribution in [0.3, 0.4) is 0 Å². The molecule has 6 nitrogen and oxygen atoms in total. The molecule has 3 N–H and O–H groups in total. The molecule has 1 aliphatic rings. The van der Waals surface area contributed by atoms with Crippen molar-refractivity contribution in [3.05, 3.63) is 60.2 Å². The third-order valence-electron chi connectivity index (χ3n) is 4.04. The van der Waals surface area contributed by atoms with E-state index in [0.29, 0.717) is 5.75 Å². The zero-order valence-corrected chi connectivity index (χ0v) is 14.4. The van der Waals surface area contributed by atoms with E-state index in [-0.39, 0.29) is 29.5 Å². The summed E-state index contributed by atoms with van der Waals surface area (Å²) in [6.07, 6.45) is -0.489. The minimum Gasteiger partial charge on any atom is -0.486 e. The Kier molecular flexibility index (Phi) is 5.06. The van der Waals surface area contributed by atoms with Crippen molar-refractivity contribution >= 4 is 15.7 Å². The lowest BCUT2D eigenvalue weighted by molar-refractivity contribution is -0.121. The molecule has 2 atom stereocenters. The predicted octanol–water partition coefficient (Wildman–Crippen LogP) is 1.43. The topological polar surface area (TPSA) is 98.5 Å². The smallest absolute Gasteiger partial charge is 0.222 e. The highest BCUT2D eigenvalue weighted by molar-refractivity contribution is 7.91. The van der Waals surface area contributed by atoms with Gasteiger partial charge in [-0.1, -0.05) is 42.5 Å². The number of carbonyl (C=O) groups is 1. The Balaban J connectivity index is 1.57. The van der Waals surface area contributed by atoms with Gasteiger partial charge in [-0.15, -0.1) is 0 Å². The summed E-state index contributed by atoms with van der Waals surface area (Å²) in [5.74, 6) is -0.0696. The highest BCUT2D eigenvalue weighted by Crippen LogP contribution is 2.30. The maximum atomic E-state index is 12.3. The van der Waals surface area contributed by atoms with Crippen molar-refractivity contribution in [1.82, 2.24) is 5.32 Å². The van der Waals surface area contributed by atoms with E-state index in [2.05, 4.69) is 5.32 Å². The molecule has 0 spiro atoms. The molecule has 1 heterocycles. The summed E-state index contributed by atoms with van der Waals surface area (Å²) in [6, 6.07) is 15.5. The quantitative estimate of drug-likeness (QED) is 0.840. The molecule has 3 rings (SSSR count). The van der Waals surface area contributed by atoms with Crippen molar-refractivity contribution in [3.8, 4) is 5.75 Å². The van der Waals surface area contributed by atoms with Gasteiger partial charge in [0, 0.05) is 12.5 Å². The minimum absolute atomic E-state index is 0.119. The van der Waals surface area contributed by atoms with E-state index >= 15 is 0 Å².